The Kier molecular flexibility index (Phi) is 3.44. The van der Waals surface area contributed by atoms with Crippen LogP contribution in [-0.4, -0.2) is 22.7 Å². The van der Waals surface area contributed by atoms with Crippen LogP contribution in [0.1, 0.15) is 16.8 Å². The zero-order valence-corrected chi connectivity index (χ0v) is 9.59. The highest BCUT2D eigenvalue weighted by atomic mass is 16.5. The van der Waals surface area contributed by atoms with Crippen LogP contribution in [0.3, 0.4) is 0 Å². The number of rotatable bonds is 4. The third kappa shape index (κ3) is 2.41. The van der Waals surface area contributed by atoms with Gasteiger partial charge in [0.25, 0.3) is 0 Å². The van der Waals surface area contributed by atoms with Crippen molar-refractivity contribution in [3.05, 3.63) is 35.9 Å². The van der Waals surface area contributed by atoms with Crippen molar-refractivity contribution in [2.24, 2.45) is 0 Å². The predicted octanol–water partition coefficient (Wildman–Crippen LogP) is 2.34. The first kappa shape index (κ1) is 11.9. The van der Waals surface area contributed by atoms with E-state index in [0.717, 1.165) is 0 Å². The van der Waals surface area contributed by atoms with Crippen molar-refractivity contribution in [2.45, 2.75) is 6.42 Å². The molecule has 0 aliphatic heterocycles. The lowest BCUT2D eigenvalue weighted by molar-refractivity contribution is 0.0699. The van der Waals surface area contributed by atoms with E-state index in [-0.39, 0.29) is 5.56 Å². The third-order valence-electron chi connectivity index (χ3n) is 2.43. The quantitative estimate of drug-likeness (QED) is 0.659. The molecule has 1 heterocycles. The Morgan fingerprint density at radius 2 is 2.22 bits per heavy atom. The predicted molar refractivity (Wildman–Crippen MR) is 67.6 cm³/mol. The molecular formula is C14H11NO3. The van der Waals surface area contributed by atoms with Crippen LogP contribution in [0.4, 0.5) is 0 Å². The normalized spacial score (nSPS) is 9.94. The fourth-order valence-electron chi connectivity index (χ4n) is 1.62. The van der Waals surface area contributed by atoms with E-state index < -0.39 is 5.97 Å². The molecule has 4 nitrogen and oxygen atoms in total. The van der Waals surface area contributed by atoms with Crippen molar-refractivity contribution in [3.63, 3.8) is 0 Å². The van der Waals surface area contributed by atoms with Gasteiger partial charge >= 0.3 is 5.97 Å². The largest absolute Gasteiger partial charge is 0.478 e. The van der Waals surface area contributed by atoms with Crippen LogP contribution in [0.15, 0.2) is 30.3 Å². The molecular weight excluding hydrogens is 230 g/mol. The van der Waals surface area contributed by atoms with E-state index >= 15 is 0 Å². The molecule has 0 aliphatic carbocycles. The zero-order valence-electron chi connectivity index (χ0n) is 9.59. The van der Waals surface area contributed by atoms with E-state index in [1.165, 1.54) is 0 Å². The topological polar surface area (TPSA) is 59.4 Å². The van der Waals surface area contributed by atoms with E-state index in [1.807, 2.05) is 0 Å². The third-order valence-corrected chi connectivity index (χ3v) is 2.43. The Hall–Kier alpha value is -2.54. The number of pyridine rings is 1. The summed E-state index contributed by atoms with van der Waals surface area (Å²) in [5.41, 5.74) is 0.822. The highest BCUT2D eigenvalue weighted by molar-refractivity contribution is 6.02. The fraction of sp³-hybridized carbons (Fsp3) is 0.143. The number of fused-ring (bicyclic) bond motifs is 1. The lowest BCUT2D eigenvalue weighted by Crippen LogP contribution is -2.00. The Balaban J connectivity index is 2.35. The zero-order chi connectivity index (χ0) is 13.0. The van der Waals surface area contributed by atoms with E-state index in [2.05, 4.69) is 10.9 Å². The van der Waals surface area contributed by atoms with E-state index in [0.29, 0.717) is 29.8 Å². The molecule has 1 N–H and O–H groups in total. The number of nitrogens with zero attached hydrogens (tertiary/aromatic N) is 1. The summed E-state index contributed by atoms with van der Waals surface area (Å²) < 4.78 is 5.35. The van der Waals surface area contributed by atoms with Crippen LogP contribution < -0.4 is 4.74 Å². The maximum atomic E-state index is 11.0. The first-order valence-corrected chi connectivity index (χ1v) is 5.41. The Morgan fingerprint density at radius 1 is 1.39 bits per heavy atom. The summed E-state index contributed by atoms with van der Waals surface area (Å²) in [5, 5.41) is 9.64. The van der Waals surface area contributed by atoms with Gasteiger partial charge < -0.3 is 9.84 Å². The monoisotopic (exact) mass is 241 g/mol. The number of hydrogen-bond acceptors (Lipinski definition) is 3. The smallest absolute Gasteiger partial charge is 0.336 e. The maximum absolute atomic E-state index is 11.0. The molecule has 2 aromatic rings. The summed E-state index contributed by atoms with van der Waals surface area (Å²) in [4.78, 5) is 15.3. The molecule has 0 spiro atoms. The van der Waals surface area contributed by atoms with E-state index in [1.54, 1.807) is 30.3 Å². The number of terminal acetylenes is 1. The Labute approximate surface area is 104 Å². The molecule has 1 aromatic heterocycles. The summed E-state index contributed by atoms with van der Waals surface area (Å²) in [7, 11) is 0. The molecule has 1 aromatic carbocycles. The van der Waals surface area contributed by atoms with E-state index in [9.17, 15) is 4.79 Å². The molecule has 0 radical (unpaired) electrons. The molecule has 2 rings (SSSR count). The van der Waals surface area contributed by atoms with Gasteiger partial charge in [-0.25, -0.2) is 9.78 Å². The van der Waals surface area contributed by atoms with Crippen LogP contribution in [0.5, 0.6) is 5.88 Å². The lowest BCUT2D eigenvalue weighted by atomic mass is 10.1. The number of aromatic carboxylic acids is 1. The van der Waals surface area contributed by atoms with Crippen molar-refractivity contribution in [3.8, 4) is 18.2 Å². The number of benzene rings is 1. The number of carbonyl (C=O) groups is 1. The minimum atomic E-state index is -0.969. The molecule has 0 bridgehead atoms. The van der Waals surface area contributed by atoms with Gasteiger partial charge in [-0.15, -0.1) is 12.3 Å². The molecule has 0 amide bonds. The average Bonchev–Trinajstić information content (AvgIpc) is 2.38. The first-order valence-electron chi connectivity index (χ1n) is 5.41. The molecule has 0 saturated heterocycles. The van der Waals surface area contributed by atoms with Crippen molar-refractivity contribution >= 4 is 16.9 Å². The number of aromatic nitrogens is 1. The number of carboxylic acid groups (broad SMARTS) is 1. The molecule has 4 heteroatoms. The summed E-state index contributed by atoms with van der Waals surface area (Å²) in [6.07, 6.45) is 5.63. The summed E-state index contributed by atoms with van der Waals surface area (Å²) in [6.45, 7) is 0.396. The van der Waals surface area contributed by atoms with Gasteiger partial charge in [0.15, 0.2) is 0 Å². The summed E-state index contributed by atoms with van der Waals surface area (Å²) >= 11 is 0. The first-order chi connectivity index (χ1) is 8.72. The maximum Gasteiger partial charge on any atom is 0.336 e. The number of ether oxygens (including phenoxy) is 1. The van der Waals surface area contributed by atoms with E-state index in [4.69, 9.17) is 16.3 Å². The number of hydrogen-bond donors (Lipinski definition) is 1. The number of carboxylic acids is 1. The minimum Gasteiger partial charge on any atom is -0.478 e. The van der Waals surface area contributed by atoms with Crippen molar-refractivity contribution < 1.29 is 14.6 Å². The van der Waals surface area contributed by atoms with Crippen LogP contribution in [0.25, 0.3) is 10.9 Å². The van der Waals surface area contributed by atoms with Crippen LogP contribution >= 0.6 is 0 Å². The van der Waals surface area contributed by atoms with Gasteiger partial charge in [-0.1, -0.05) is 6.07 Å². The highest BCUT2D eigenvalue weighted by Crippen LogP contribution is 2.20. The van der Waals surface area contributed by atoms with Gasteiger partial charge in [0.05, 0.1) is 11.1 Å². The standard InChI is InChI=1S/C14H11NO3/c1-2-3-9-18-13-8-7-10-11(14(16)17)5-4-6-12(10)15-13/h1,4-8H,3,9H2,(H,16,17). The minimum absolute atomic E-state index is 0.232. The lowest BCUT2D eigenvalue weighted by Gasteiger charge is -2.06. The second-order valence-corrected chi connectivity index (χ2v) is 3.63. The molecule has 0 fully saturated rings. The SMILES string of the molecule is C#CCCOc1ccc2c(C(=O)O)cccc2n1. The summed E-state index contributed by atoms with van der Waals surface area (Å²) in [5.74, 6) is 1.94. The van der Waals surface area contributed by atoms with Crippen molar-refractivity contribution in [2.75, 3.05) is 6.61 Å². The van der Waals surface area contributed by atoms with Crippen molar-refractivity contribution in [1.82, 2.24) is 4.98 Å². The molecule has 18 heavy (non-hydrogen) atoms. The molecule has 0 saturated carbocycles. The van der Waals surface area contributed by atoms with Gasteiger partial charge in [0.2, 0.25) is 5.88 Å². The second kappa shape index (κ2) is 5.19. The van der Waals surface area contributed by atoms with Crippen molar-refractivity contribution in [1.29, 1.82) is 0 Å². The molecule has 0 atom stereocenters. The van der Waals surface area contributed by atoms with Crippen LogP contribution in [-0.2, 0) is 0 Å². The second-order valence-electron chi connectivity index (χ2n) is 3.63. The summed E-state index contributed by atoms with van der Waals surface area (Å²) in [6, 6.07) is 8.29. The van der Waals surface area contributed by atoms with Crippen LogP contribution in [0, 0.1) is 12.3 Å². The molecule has 0 unspecified atom stereocenters. The highest BCUT2D eigenvalue weighted by Gasteiger charge is 2.09. The van der Waals surface area contributed by atoms with Gasteiger partial charge in [-0.3, -0.25) is 0 Å². The molecule has 90 valence electrons. The van der Waals surface area contributed by atoms with Gasteiger partial charge in [-0.2, -0.15) is 0 Å². The van der Waals surface area contributed by atoms with Gasteiger partial charge in [-0.05, 0) is 18.2 Å². The fourth-order valence-corrected chi connectivity index (χ4v) is 1.62. The Morgan fingerprint density at radius 3 is 2.94 bits per heavy atom. The average molecular weight is 241 g/mol. The van der Waals surface area contributed by atoms with Gasteiger partial charge in [0, 0.05) is 17.9 Å². The Bertz CT molecular complexity index is 628. The van der Waals surface area contributed by atoms with Gasteiger partial charge in [0.1, 0.15) is 6.61 Å². The molecule has 0 aliphatic rings. The van der Waals surface area contributed by atoms with Crippen LogP contribution in [0.2, 0.25) is 0 Å².